The molecule has 56 valence electrons. The highest BCUT2D eigenvalue weighted by Crippen LogP contribution is 2.07. The molecule has 0 atom stereocenters. The lowest BCUT2D eigenvalue weighted by molar-refractivity contribution is 0.526. The number of rotatable bonds is 2. The zero-order valence-corrected chi connectivity index (χ0v) is 6.89. The second-order valence-electron chi connectivity index (χ2n) is 2.17. The maximum atomic E-state index is 5.67. The molecule has 1 rings (SSSR count). The van der Waals surface area contributed by atoms with Crippen molar-refractivity contribution in [2.45, 2.75) is 26.8 Å². The summed E-state index contributed by atoms with van der Waals surface area (Å²) in [5.74, 6) is 0. The summed E-state index contributed by atoms with van der Waals surface area (Å²) in [6.07, 6.45) is 1.03. The van der Waals surface area contributed by atoms with Crippen molar-refractivity contribution in [2.75, 3.05) is 0 Å². The quantitative estimate of drug-likeness (QED) is 0.657. The van der Waals surface area contributed by atoms with E-state index in [1.165, 1.54) is 0 Å². The molecule has 0 N–H and O–H groups in total. The molecule has 0 aromatic carbocycles. The van der Waals surface area contributed by atoms with Crippen LogP contribution in [0.25, 0.3) is 0 Å². The fourth-order valence-electron chi connectivity index (χ4n) is 0.710. The third-order valence-electron chi connectivity index (χ3n) is 1.19. The summed E-state index contributed by atoms with van der Waals surface area (Å²) in [6.45, 7) is 4.77. The van der Waals surface area contributed by atoms with Crippen molar-refractivity contribution >= 4 is 11.6 Å². The summed E-state index contributed by atoms with van der Waals surface area (Å²) >= 11 is 5.67. The van der Waals surface area contributed by atoms with Crippen LogP contribution in [0.4, 0.5) is 0 Å². The van der Waals surface area contributed by atoms with Crippen molar-refractivity contribution < 1.29 is 0 Å². The minimum Gasteiger partial charge on any atom is -0.183 e. The summed E-state index contributed by atoms with van der Waals surface area (Å²) < 4.78 is 0. The molecule has 0 spiro atoms. The zero-order valence-electron chi connectivity index (χ0n) is 6.13. The fourth-order valence-corrected chi connectivity index (χ4v) is 0.836. The molecule has 10 heavy (non-hydrogen) atoms. The highest BCUT2D eigenvalue weighted by atomic mass is 35.5. The van der Waals surface area contributed by atoms with E-state index in [0.29, 0.717) is 5.15 Å². The minimum atomic E-state index is 0.508. The monoisotopic (exact) mass is 159 g/mol. The Balaban J connectivity index is 2.77. The van der Waals surface area contributed by atoms with Crippen LogP contribution in [-0.2, 0) is 6.54 Å². The van der Waals surface area contributed by atoms with E-state index < -0.39 is 0 Å². The average Bonchev–Trinajstić information content (AvgIpc) is 2.14. The molecule has 0 fully saturated rings. The van der Waals surface area contributed by atoms with E-state index in [1.54, 1.807) is 4.80 Å². The van der Waals surface area contributed by atoms with Crippen LogP contribution in [0.1, 0.15) is 19.0 Å². The first-order chi connectivity index (χ1) is 4.74. The van der Waals surface area contributed by atoms with Gasteiger partial charge in [-0.25, -0.2) is 0 Å². The van der Waals surface area contributed by atoms with Crippen molar-refractivity contribution in [3.63, 3.8) is 0 Å². The molecule has 4 heteroatoms. The average molecular weight is 160 g/mol. The predicted molar refractivity (Wildman–Crippen MR) is 40.1 cm³/mol. The molecule has 0 radical (unpaired) electrons. The molecule has 0 amide bonds. The highest BCUT2D eigenvalue weighted by Gasteiger charge is 2.00. The van der Waals surface area contributed by atoms with Gasteiger partial charge < -0.3 is 0 Å². The first-order valence-corrected chi connectivity index (χ1v) is 3.69. The Morgan fingerprint density at radius 1 is 1.50 bits per heavy atom. The molecule has 0 aliphatic heterocycles. The summed E-state index contributed by atoms with van der Waals surface area (Å²) in [4.78, 5) is 1.62. The Hall–Kier alpha value is -0.570. The lowest BCUT2D eigenvalue weighted by Gasteiger charge is -1.91. The Labute approximate surface area is 65.0 Å². The first kappa shape index (κ1) is 7.54. The van der Waals surface area contributed by atoms with E-state index in [2.05, 4.69) is 17.1 Å². The number of nitrogens with zero attached hydrogens (tertiary/aromatic N) is 3. The molecule has 0 aliphatic rings. The maximum absolute atomic E-state index is 5.67. The molecular weight excluding hydrogens is 150 g/mol. The molecule has 0 saturated carbocycles. The van der Waals surface area contributed by atoms with Crippen molar-refractivity contribution in [2.24, 2.45) is 0 Å². The van der Waals surface area contributed by atoms with Crippen LogP contribution in [0.3, 0.4) is 0 Å². The third kappa shape index (κ3) is 1.48. The summed E-state index contributed by atoms with van der Waals surface area (Å²) in [5, 5.41) is 8.55. The van der Waals surface area contributed by atoms with Gasteiger partial charge >= 0.3 is 0 Å². The fraction of sp³-hybridized carbons (Fsp3) is 0.667. The smallest absolute Gasteiger partial charge is 0.174 e. The van der Waals surface area contributed by atoms with Crippen LogP contribution in [-0.4, -0.2) is 15.0 Å². The van der Waals surface area contributed by atoms with Crippen molar-refractivity contribution in [1.82, 2.24) is 15.0 Å². The van der Waals surface area contributed by atoms with Gasteiger partial charge in [0, 0.05) is 0 Å². The molecule has 0 bridgehead atoms. The Bertz CT molecular complexity index is 199. The molecule has 1 aromatic rings. The number of aromatic nitrogens is 3. The number of hydrogen-bond acceptors (Lipinski definition) is 2. The maximum Gasteiger partial charge on any atom is 0.174 e. The van der Waals surface area contributed by atoms with Gasteiger partial charge in [-0.1, -0.05) is 18.5 Å². The van der Waals surface area contributed by atoms with Crippen molar-refractivity contribution in [3.05, 3.63) is 10.8 Å². The van der Waals surface area contributed by atoms with Crippen LogP contribution in [0.15, 0.2) is 0 Å². The second kappa shape index (κ2) is 3.01. The topological polar surface area (TPSA) is 30.7 Å². The normalized spacial score (nSPS) is 10.3. The second-order valence-corrected chi connectivity index (χ2v) is 2.53. The molecule has 0 unspecified atom stereocenters. The van der Waals surface area contributed by atoms with Crippen molar-refractivity contribution in [1.29, 1.82) is 0 Å². The Morgan fingerprint density at radius 3 is 2.60 bits per heavy atom. The molecule has 1 aromatic heterocycles. The van der Waals surface area contributed by atoms with Gasteiger partial charge in [0.25, 0.3) is 0 Å². The minimum absolute atomic E-state index is 0.508. The van der Waals surface area contributed by atoms with Crippen LogP contribution >= 0.6 is 11.6 Å². The van der Waals surface area contributed by atoms with Gasteiger partial charge in [0.1, 0.15) is 0 Å². The van der Waals surface area contributed by atoms with Gasteiger partial charge in [0.05, 0.1) is 12.2 Å². The van der Waals surface area contributed by atoms with E-state index >= 15 is 0 Å². The van der Waals surface area contributed by atoms with Crippen LogP contribution in [0.2, 0.25) is 5.15 Å². The van der Waals surface area contributed by atoms with Gasteiger partial charge in [-0.05, 0) is 13.3 Å². The lowest BCUT2D eigenvalue weighted by Crippen LogP contribution is -2.00. The van der Waals surface area contributed by atoms with E-state index in [9.17, 15) is 0 Å². The molecule has 3 nitrogen and oxygen atoms in total. The number of hydrogen-bond donors (Lipinski definition) is 0. The summed E-state index contributed by atoms with van der Waals surface area (Å²) in [6, 6.07) is 0. The van der Waals surface area contributed by atoms with Crippen LogP contribution in [0.5, 0.6) is 0 Å². The number of halogens is 1. The zero-order chi connectivity index (χ0) is 7.56. The van der Waals surface area contributed by atoms with Gasteiger partial charge in [0.15, 0.2) is 5.15 Å². The summed E-state index contributed by atoms with van der Waals surface area (Å²) in [7, 11) is 0. The van der Waals surface area contributed by atoms with Crippen LogP contribution in [0, 0.1) is 6.92 Å². The highest BCUT2D eigenvalue weighted by molar-refractivity contribution is 6.29. The van der Waals surface area contributed by atoms with Gasteiger partial charge in [0.2, 0.25) is 0 Å². The van der Waals surface area contributed by atoms with Crippen LogP contribution < -0.4 is 0 Å². The standard InChI is InChI=1S/C6H10ClN3/c1-3-4-10-8-5(2)6(7)9-10/h3-4H2,1-2H3. The van der Waals surface area contributed by atoms with Gasteiger partial charge in [-0.2, -0.15) is 9.90 Å². The Morgan fingerprint density at radius 2 is 2.20 bits per heavy atom. The van der Waals surface area contributed by atoms with Gasteiger partial charge in [-0.3, -0.25) is 0 Å². The predicted octanol–water partition coefficient (Wildman–Crippen LogP) is 1.65. The van der Waals surface area contributed by atoms with Gasteiger partial charge in [-0.15, -0.1) is 5.10 Å². The van der Waals surface area contributed by atoms with E-state index in [1.807, 2.05) is 6.92 Å². The lowest BCUT2D eigenvalue weighted by atomic mass is 10.5. The van der Waals surface area contributed by atoms with E-state index in [4.69, 9.17) is 11.6 Å². The van der Waals surface area contributed by atoms with E-state index in [0.717, 1.165) is 18.7 Å². The summed E-state index contributed by atoms with van der Waals surface area (Å²) in [5.41, 5.74) is 0.801. The molecule has 0 saturated heterocycles. The first-order valence-electron chi connectivity index (χ1n) is 3.31. The largest absolute Gasteiger partial charge is 0.183 e. The SMILES string of the molecule is CCCn1nc(C)c(Cl)n1. The Kier molecular flexibility index (Phi) is 2.27. The molecule has 0 aliphatic carbocycles. The van der Waals surface area contributed by atoms with E-state index in [-0.39, 0.29) is 0 Å². The molecule has 1 heterocycles. The number of aryl methyl sites for hydroxylation is 2. The third-order valence-corrected chi connectivity index (χ3v) is 1.54. The van der Waals surface area contributed by atoms with Crippen molar-refractivity contribution in [3.8, 4) is 0 Å². The molecular formula is C6H10ClN3.